The van der Waals surface area contributed by atoms with Crippen LogP contribution in [0, 0.1) is 6.92 Å². The summed E-state index contributed by atoms with van der Waals surface area (Å²) >= 11 is 0. The van der Waals surface area contributed by atoms with Crippen molar-refractivity contribution in [2.75, 3.05) is 5.73 Å². The van der Waals surface area contributed by atoms with Crippen LogP contribution in [-0.2, 0) is 0 Å². The van der Waals surface area contributed by atoms with Crippen molar-refractivity contribution < 1.29 is 0 Å². The number of rotatable bonds is 1. The third kappa shape index (κ3) is 1.28. The average molecular weight is 173 g/mol. The number of hydrogen-bond donors (Lipinski definition) is 2. The van der Waals surface area contributed by atoms with Crippen LogP contribution in [0.4, 0.5) is 5.82 Å². The van der Waals surface area contributed by atoms with Crippen molar-refractivity contribution in [3.05, 3.63) is 36.0 Å². The molecular weight excluding hydrogens is 162 g/mol. The van der Waals surface area contributed by atoms with Crippen LogP contribution < -0.4 is 5.73 Å². The number of aromatic nitrogens is 2. The Kier molecular flexibility index (Phi) is 1.77. The molecule has 66 valence electrons. The molecule has 1 heterocycles. The smallest absolute Gasteiger partial charge is 0.126 e. The molecular formula is C10H11N3. The average Bonchev–Trinajstić information content (AvgIpc) is 2.52. The minimum atomic E-state index is 0.620. The van der Waals surface area contributed by atoms with Gasteiger partial charge >= 0.3 is 0 Å². The van der Waals surface area contributed by atoms with Crippen LogP contribution in [0.15, 0.2) is 30.5 Å². The Hall–Kier alpha value is -1.77. The first-order chi connectivity index (χ1) is 6.29. The number of aromatic amines is 1. The topological polar surface area (TPSA) is 54.7 Å². The number of benzene rings is 1. The van der Waals surface area contributed by atoms with E-state index in [4.69, 9.17) is 5.73 Å². The Morgan fingerprint density at radius 2 is 2.00 bits per heavy atom. The number of H-pyrrole nitrogens is 1. The van der Waals surface area contributed by atoms with Gasteiger partial charge in [-0.15, -0.1) is 0 Å². The van der Waals surface area contributed by atoms with E-state index in [1.165, 1.54) is 5.56 Å². The molecule has 0 fully saturated rings. The molecule has 3 heteroatoms. The summed E-state index contributed by atoms with van der Waals surface area (Å²) < 4.78 is 0. The van der Waals surface area contributed by atoms with Crippen LogP contribution in [0.1, 0.15) is 5.56 Å². The summed E-state index contributed by atoms with van der Waals surface area (Å²) in [6.07, 6.45) is 1.75. The molecule has 2 aromatic rings. The number of hydrogen-bond acceptors (Lipinski definition) is 2. The summed E-state index contributed by atoms with van der Waals surface area (Å²) in [4.78, 5) is 0. The summed E-state index contributed by atoms with van der Waals surface area (Å²) in [5.74, 6) is 0.620. The molecule has 0 aliphatic carbocycles. The lowest BCUT2D eigenvalue weighted by atomic mass is 10.0. The van der Waals surface area contributed by atoms with Gasteiger partial charge in [0.05, 0.1) is 6.20 Å². The molecule has 3 nitrogen and oxygen atoms in total. The normalized spacial score (nSPS) is 10.2. The van der Waals surface area contributed by atoms with Crippen molar-refractivity contribution in [3.8, 4) is 11.1 Å². The lowest BCUT2D eigenvalue weighted by Crippen LogP contribution is -1.88. The fourth-order valence-electron chi connectivity index (χ4n) is 1.39. The number of nitrogen functional groups attached to an aromatic ring is 1. The predicted octanol–water partition coefficient (Wildman–Crippen LogP) is 1.97. The molecule has 0 atom stereocenters. The molecule has 1 aromatic carbocycles. The molecule has 0 saturated heterocycles. The predicted molar refractivity (Wildman–Crippen MR) is 53.2 cm³/mol. The van der Waals surface area contributed by atoms with Crippen molar-refractivity contribution in [3.63, 3.8) is 0 Å². The largest absolute Gasteiger partial charge is 0.384 e. The Bertz CT molecular complexity index is 418. The number of nitrogens with two attached hydrogens (primary N) is 1. The van der Waals surface area contributed by atoms with Gasteiger partial charge in [0.15, 0.2) is 0 Å². The van der Waals surface area contributed by atoms with Crippen LogP contribution >= 0.6 is 0 Å². The van der Waals surface area contributed by atoms with E-state index in [1.807, 2.05) is 18.2 Å². The molecule has 0 spiro atoms. The number of nitrogens with one attached hydrogen (secondary N) is 1. The fraction of sp³-hybridized carbons (Fsp3) is 0.100. The Morgan fingerprint density at radius 1 is 1.23 bits per heavy atom. The van der Waals surface area contributed by atoms with Crippen molar-refractivity contribution in [2.45, 2.75) is 6.92 Å². The number of nitrogens with zero attached hydrogens (tertiary/aromatic N) is 1. The van der Waals surface area contributed by atoms with Crippen molar-refractivity contribution in [2.24, 2.45) is 0 Å². The van der Waals surface area contributed by atoms with E-state index in [1.54, 1.807) is 6.20 Å². The highest BCUT2D eigenvalue weighted by molar-refractivity contribution is 5.75. The SMILES string of the molecule is Cc1ccccc1-c1cn[nH]c1N. The monoisotopic (exact) mass is 173 g/mol. The molecule has 0 bridgehead atoms. The van der Waals surface area contributed by atoms with Gasteiger partial charge in [0.2, 0.25) is 0 Å². The van der Waals surface area contributed by atoms with Crippen molar-refractivity contribution in [1.29, 1.82) is 0 Å². The van der Waals surface area contributed by atoms with E-state index in [0.717, 1.165) is 11.1 Å². The third-order valence-corrected chi connectivity index (χ3v) is 2.10. The van der Waals surface area contributed by atoms with E-state index in [9.17, 15) is 0 Å². The van der Waals surface area contributed by atoms with E-state index in [0.29, 0.717) is 5.82 Å². The maximum atomic E-state index is 5.72. The molecule has 2 rings (SSSR count). The number of aryl methyl sites for hydroxylation is 1. The zero-order chi connectivity index (χ0) is 9.26. The molecule has 0 unspecified atom stereocenters. The maximum Gasteiger partial charge on any atom is 0.126 e. The molecule has 3 N–H and O–H groups in total. The van der Waals surface area contributed by atoms with E-state index < -0.39 is 0 Å². The summed E-state index contributed by atoms with van der Waals surface area (Å²) in [5, 5.41) is 6.61. The lowest BCUT2D eigenvalue weighted by Gasteiger charge is -2.02. The van der Waals surface area contributed by atoms with Gasteiger partial charge in [-0.3, -0.25) is 5.10 Å². The van der Waals surface area contributed by atoms with Crippen LogP contribution in [0.3, 0.4) is 0 Å². The van der Waals surface area contributed by atoms with Gasteiger partial charge in [-0.05, 0) is 18.1 Å². The molecule has 0 aliphatic rings. The second-order valence-corrected chi connectivity index (χ2v) is 3.01. The van der Waals surface area contributed by atoms with Gasteiger partial charge in [-0.2, -0.15) is 5.10 Å². The van der Waals surface area contributed by atoms with Crippen molar-refractivity contribution >= 4 is 5.82 Å². The van der Waals surface area contributed by atoms with Gasteiger partial charge in [0.1, 0.15) is 5.82 Å². The van der Waals surface area contributed by atoms with Gasteiger partial charge in [-0.1, -0.05) is 24.3 Å². The highest BCUT2D eigenvalue weighted by Crippen LogP contribution is 2.26. The van der Waals surface area contributed by atoms with Gasteiger partial charge in [-0.25, -0.2) is 0 Å². The first-order valence-electron chi connectivity index (χ1n) is 4.14. The van der Waals surface area contributed by atoms with Crippen LogP contribution in [0.25, 0.3) is 11.1 Å². The van der Waals surface area contributed by atoms with E-state index >= 15 is 0 Å². The maximum absolute atomic E-state index is 5.72. The van der Waals surface area contributed by atoms with Gasteiger partial charge < -0.3 is 5.73 Å². The first kappa shape index (κ1) is 7.86. The van der Waals surface area contributed by atoms with Crippen LogP contribution in [0.2, 0.25) is 0 Å². The second kappa shape index (κ2) is 2.94. The Morgan fingerprint density at radius 3 is 2.62 bits per heavy atom. The molecule has 0 saturated carbocycles. The summed E-state index contributed by atoms with van der Waals surface area (Å²) in [5.41, 5.74) is 9.03. The molecule has 0 amide bonds. The fourth-order valence-corrected chi connectivity index (χ4v) is 1.39. The Balaban J connectivity index is 2.59. The Labute approximate surface area is 76.6 Å². The molecule has 13 heavy (non-hydrogen) atoms. The minimum absolute atomic E-state index is 0.620. The highest BCUT2D eigenvalue weighted by atomic mass is 15.1. The van der Waals surface area contributed by atoms with Crippen LogP contribution in [-0.4, -0.2) is 10.2 Å². The summed E-state index contributed by atoms with van der Waals surface area (Å²) in [7, 11) is 0. The zero-order valence-electron chi connectivity index (χ0n) is 7.41. The lowest BCUT2D eigenvalue weighted by molar-refractivity contribution is 1.10. The van der Waals surface area contributed by atoms with Gasteiger partial charge in [0, 0.05) is 5.56 Å². The standard InChI is InChI=1S/C10H11N3/c1-7-4-2-3-5-8(7)9-6-12-13-10(9)11/h2-6H,1H3,(H3,11,12,13). The van der Waals surface area contributed by atoms with Gasteiger partial charge in [0.25, 0.3) is 0 Å². The third-order valence-electron chi connectivity index (χ3n) is 2.10. The first-order valence-corrected chi connectivity index (χ1v) is 4.14. The van der Waals surface area contributed by atoms with Crippen molar-refractivity contribution in [1.82, 2.24) is 10.2 Å². The summed E-state index contributed by atoms with van der Waals surface area (Å²) in [6, 6.07) is 8.10. The molecule has 1 aromatic heterocycles. The van der Waals surface area contributed by atoms with E-state index in [2.05, 4.69) is 23.2 Å². The zero-order valence-corrected chi connectivity index (χ0v) is 7.41. The molecule has 0 radical (unpaired) electrons. The quantitative estimate of drug-likeness (QED) is 0.692. The second-order valence-electron chi connectivity index (χ2n) is 3.01. The number of anilines is 1. The van der Waals surface area contributed by atoms with E-state index in [-0.39, 0.29) is 0 Å². The highest BCUT2D eigenvalue weighted by Gasteiger charge is 2.05. The summed E-state index contributed by atoms with van der Waals surface area (Å²) in [6.45, 7) is 2.06. The molecule has 0 aliphatic heterocycles. The van der Waals surface area contributed by atoms with Crippen LogP contribution in [0.5, 0.6) is 0 Å². The minimum Gasteiger partial charge on any atom is -0.384 e.